The normalized spacial score (nSPS) is 11.4. The van der Waals surface area contributed by atoms with Crippen LogP contribution >= 0.6 is 0 Å². The van der Waals surface area contributed by atoms with Gasteiger partial charge in [0.05, 0.1) is 19.9 Å². The number of carboxylic acids is 1. The number of carbonyl (C=O) groups is 2. The minimum Gasteiger partial charge on any atom is -0.497 e. The highest BCUT2D eigenvalue weighted by atomic mass is 19.1. The molecule has 0 saturated carbocycles. The largest absolute Gasteiger partial charge is 0.497 e. The van der Waals surface area contributed by atoms with E-state index in [0.717, 1.165) is 11.0 Å². The number of carboxylic acid groups (broad SMARTS) is 1. The zero-order chi connectivity index (χ0) is 21.7. The van der Waals surface area contributed by atoms with E-state index in [1.54, 1.807) is 36.4 Å². The van der Waals surface area contributed by atoms with Gasteiger partial charge in [0.1, 0.15) is 17.3 Å². The summed E-state index contributed by atoms with van der Waals surface area (Å²) in [5.74, 6) is -2.07. The summed E-state index contributed by atoms with van der Waals surface area (Å²) >= 11 is 0. The molecule has 0 aliphatic carbocycles. The van der Waals surface area contributed by atoms with Gasteiger partial charge in [-0.3, -0.25) is 9.69 Å². The van der Waals surface area contributed by atoms with Gasteiger partial charge in [0.2, 0.25) is 0 Å². The van der Waals surface area contributed by atoms with Crippen LogP contribution in [0.2, 0.25) is 0 Å². The molecule has 0 aliphatic rings. The number of hydrogen-bond donors (Lipinski definition) is 1. The third-order valence-electron chi connectivity index (χ3n) is 4.58. The van der Waals surface area contributed by atoms with Crippen LogP contribution < -0.4 is 14.4 Å². The molecular weight excluding hydrogens is 389 g/mol. The van der Waals surface area contributed by atoms with Gasteiger partial charge in [0, 0.05) is 17.2 Å². The monoisotopic (exact) mass is 409 g/mol. The van der Waals surface area contributed by atoms with Crippen LogP contribution in [0.15, 0.2) is 72.8 Å². The van der Waals surface area contributed by atoms with E-state index in [0.29, 0.717) is 5.75 Å². The zero-order valence-corrected chi connectivity index (χ0v) is 16.4. The Morgan fingerprint density at radius 2 is 1.60 bits per heavy atom. The van der Waals surface area contributed by atoms with Crippen molar-refractivity contribution in [2.24, 2.45) is 0 Å². The van der Waals surface area contributed by atoms with Crippen LogP contribution in [0.1, 0.15) is 22.0 Å². The number of anilines is 1. The van der Waals surface area contributed by atoms with Crippen LogP contribution in [-0.4, -0.2) is 31.2 Å². The van der Waals surface area contributed by atoms with Gasteiger partial charge in [0.15, 0.2) is 6.04 Å². The fraction of sp³-hybridized carbons (Fsp3) is 0.130. The second-order valence-corrected chi connectivity index (χ2v) is 6.34. The molecule has 0 heterocycles. The van der Waals surface area contributed by atoms with E-state index in [2.05, 4.69) is 0 Å². The fourth-order valence-corrected chi connectivity index (χ4v) is 3.15. The van der Waals surface area contributed by atoms with Gasteiger partial charge in [-0.15, -0.1) is 0 Å². The first kappa shape index (κ1) is 20.9. The van der Waals surface area contributed by atoms with E-state index in [-0.39, 0.29) is 22.6 Å². The first-order valence-electron chi connectivity index (χ1n) is 9.05. The van der Waals surface area contributed by atoms with Crippen molar-refractivity contribution in [2.45, 2.75) is 6.04 Å². The molecule has 1 N–H and O–H groups in total. The number of carbonyl (C=O) groups excluding carboxylic acids is 1. The highest BCUT2D eigenvalue weighted by molar-refractivity contribution is 6.10. The Balaban J connectivity index is 2.25. The van der Waals surface area contributed by atoms with Crippen molar-refractivity contribution < 1.29 is 28.6 Å². The van der Waals surface area contributed by atoms with E-state index >= 15 is 0 Å². The Kier molecular flexibility index (Phi) is 6.32. The molecule has 6 nitrogen and oxygen atoms in total. The maximum absolute atomic E-state index is 14.6. The molecule has 0 saturated heterocycles. The SMILES string of the molecule is COc1ccc(N(C(=O)c2ccccc2)C(C(=O)O)c2ccccc2F)c(OC)c1. The molecular formula is C23H20FNO5. The molecule has 1 unspecified atom stereocenters. The van der Waals surface area contributed by atoms with Crippen molar-refractivity contribution in [1.82, 2.24) is 0 Å². The van der Waals surface area contributed by atoms with Crippen molar-refractivity contribution in [3.05, 3.63) is 89.7 Å². The molecule has 7 heteroatoms. The maximum Gasteiger partial charge on any atom is 0.331 e. The quantitative estimate of drug-likeness (QED) is 0.629. The van der Waals surface area contributed by atoms with E-state index in [9.17, 15) is 19.1 Å². The van der Waals surface area contributed by atoms with E-state index in [4.69, 9.17) is 9.47 Å². The summed E-state index contributed by atoms with van der Waals surface area (Å²) in [6, 6.07) is 16.6. The summed E-state index contributed by atoms with van der Waals surface area (Å²) in [5, 5.41) is 10.0. The molecule has 0 aliphatic heterocycles. The third kappa shape index (κ3) is 4.10. The Morgan fingerprint density at radius 3 is 2.20 bits per heavy atom. The summed E-state index contributed by atoms with van der Waals surface area (Å²) in [6.45, 7) is 0. The highest BCUT2D eigenvalue weighted by Crippen LogP contribution is 2.38. The van der Waals surface area contributed by atoms with Crippen molar-refractivity contribution >= 4 is 17.6 Å². The van der Waals surface area contributed by atoms with Crippen LogP contribution in [0.3, 0.4) is 0 Å². The number of ether oxygens (including phenoxy) is 2. The Bertz CT molecular complexity index is 1050. The lowest BCUT2D eigenvalue weighted by molar-refractivity contribution is -0.138. The molecule has 154 valence electrons. The zero-order valence-electron chi connectivity index (χ0n) is 16.4. The average Bonchev–Trinajstić information content (AvgIpc) is 2.77. The van der Waals surface area contributed by atoms with E-state index in [1.807, 2.05) is 0 Å². The molecule has 3 aromatic carbocycles. The van der Waals surface area contributed by atoms with Gasteiger partial charge in [0.25, 0.3) is 5.91 Å². The summed E-state index contributed by atoms with van der Waals surface area (Å²) in [7, 11) is 2.86. The van der Waals surface area contributed by atoms with Gasteiger partial charge in [-0.1, -0.05) is 36.4 Å². The van der Waals surface area contributed by atoms with Gasteiger partial charge in [-0.25, -0.2) is 9.18 Å². The molecule has 1 amide bonds. The molecule has 0 bridgehead atoms. The molecule has 3 rings (SSSR count). The molecule has 30 heavy (non-hydrogen) atoms. The number of hydrogen-bond acceptors (Lipinski definition) is 4. The molecule has 3 aromatic rings. The van der Waals surface area contributed by atoms with Crippen molar-refractivity contribution in [3.63, 3.8) is 0 Å². The number of aliphatic carboxylic acids is 1. The summed E-state index contributed by atoms with van der Waals surface area (Å²) in [5.41, 5.74) is 0.271. The Hall–Kier alpha value is -3.87. The van der Waals surface area contributed by atoms with Gasteiger partial charge in [-0.05, 0) is 30.3 Å². The smallest absolute Gasteiger partial charge is 0.331 e. The Labute approximate surface area is 173 Å². The van der Waals surface area contributed by atoms with E-state index in [1.165, 1.54) is 44.6 Å². The lowest BCUT2D eigenvalue weighted by Crippen LogP contribution is -2.40. The van der Waals surface area contributed by atoms with Crippen molar-refractivity contribution in [3.8, 4) is 11.5 Å². The minimum atomic E-state index is -1.62. The van der Waals surface area contributed by atoms with Crippen LogP contribution in [-0.2, 0) is 4.79 Å². The predicted octanol–water partition coefficient (Wildman–Crippen LogP) is 4.32. The van der Waals surface area contributed by atoms with Crippen LogP contribution in [0.4, 0.5) is 10.1 Å². The first-order valence-corrected chi connectivity index (χ1v) is 9.05. The Morgan fingerprint density at radius 1 is 0.933 bits per heavy atom. The molecule has 0 radical (unpaired) electrons. The highest BCUT2D eigenvalue weighted by Gasteiger charge is 2.36. The van der Waals surface area contributed by atoms with Crippen molar-refractivity contribution in [2.75, 3.05) is 19.1 Å². The van der Waals surface area contributed by atoms with Gasteiger partial charge in [-0.2, -0.15) is 0 Å². The van der Waals surface area contributed by atoms with Crippen LogP contribution in [0.25, 0.3) is 0 Å². The van der Waals surface area contributed by atoms with Crippen molar-refractivity contribution in [1.29, 1.82) is 0 Å². The number of nitrogens with zero attached hydrogens (tertiary/aromatic N) is 1. The molecule has 1 atom stereocenters. The number of benzene rings is 3. The summed E-state index contributed by atoms with van der Waals surface area (Å²) < 4.78 is 25.2. The molecule has 0 fully saturated rings. The number of methoxy groups -OCH3 is 2. The van der Waals surface area contributed by atoms with E-state index < -0.39 is 23.7 Å². The standard InChI is InChI=1S/C23H20FNO5/c1-29-16-12-13-19(20(14-16)30-2)25(22(26)15-8-4-3-5-9-15)21(23(27)28)17-10-6-7-11-18(17)24/h3-14,21H,1-2H3,(H,27,28). The summed E-state index contributed by atoms with van der Waals surface area (Å²) in [4.78, 5) is 26.8. The topological polar surface area (TPSA) is 76.1 Å². The van der Waals surface area contributed by atoms with Crippen LogP contribution in [0, 0.1) is 5.82 Å². The van der Waals surface area contributed by atoms with Crippen LogP contribution in [0.5, 0.6) is 11.5 Å². The lowest BCUT2D eigenvalue weighted by Gasteiger charge is -2.31. The first-order chi connectivity index (χ1) is 14.5. The molecule has 0 spiro atoms. The van der Waals surface area contributed by atoms with Gasteiger partial charge >= 0.3 is 5.97 Å². The lowest BCUT2D eigenvalue weighted by atomic mass is 10.0. The third-order valence-corrected chi connectivity index (χ3v) is 4.58. The predicted molar refractivity (Wildman–Crippen MR) is 110 cm³/mol. The number of halogens is 1. The molecule has 0 aromatic heterocycles. The second-order valence-electron chi connectivity index (χ2n) is 6.34. The van der Waals surface area contributed by atoms with Gasteiger partial charge < -0.3 is 14.6 Å². The second kappa shape index (κ2) is 9.09. The minimum absolute atomic E-state index is 0.146. The average molecular weight is 409 g/mol. The fourth-order valence-electron chi connectivity index (χ4n) is 3.15. The number of amides is 1. The number of rotatable bonds is 7. The maximum atomic E-state index is 14.6. The summed E-state index contributed by atoms with van der Waals surface area (Å²) in [6.07, 6.45) is 0.